The number of rotatable bonds is 6. The molecule has 1 amide bonds. The van der Waals surface area contributed by atoms with E-state index in [1.54, 1.807) is 12.1 Å². The lowest BCUT2D eigenvalue weighted by Gasteiger charge is -2.07. The molecule has 0 fully saturated rings. The molecular weight excluding hydrogens is 407 g/mol. The van der Waals surface area contributed by atoms with Crippen LogP contribution < -0.4 is 10.1 Å². The minimum atomic E-state index is -0.568. The van der Waals surface area contributed by atoms with Crippen molar-refractivity contribution in [3.05, 3.63) is 108 Å². The highest BCUT2D eigenvalue weighted by Crippen LogP contribution is 2.23. The third-order valence-electron chi connectivity index (χ3n) is 4.40. The van der Waals surface area contributed by atoms with E-state index >= 15 is 0 Å². The van der Waals surface area contributed by atoms with Crippen LogP contribution in [0.25, 0.3) is 5.69 Å². The second-order valence-corrected chi connectivity index (χ2v) is 6.64. The van der Waals surface area contributed by atoms with Gasteiger partial charge in [0.1, 0.15) is 24.1 Å². The van der Waals surface area contributed by atoms with Gasteiger partial charge in [0.15, 0.2) is 11.4 Å². The molecule has 0 saturated carbocycles. The number of carbonyl (C=O) groups excluding carboxylic acids is 1. The Labute approximate surface area is 175 Å². The first kappa shape index (κ1) is 20.2. The molecule has 0 aliphatic carbocycles. The summed E-state index contributed by atoms with van der Waals surface area (Å²) in [5.41, 5.74) is 1.58. The van der Waals surface area contributed by atoms with E-state index in [9.17, 15) is 18.0 Å². The molecule has 0 unspecified atom stereocenters. The molecule has 8 heteroatoms. The summed E-state index contributed by atoms with van der Waals surface area (Å²) in [5, 5.41) is 6.91. The van der Waals surface area contributed by atoms with E-state index in [1.165, 1.54) is 71.5 Å². The molecule has 0 radical (unpaired) electrons. The summed E-state index contributed by atoms with van der Waals surface area (Å²) >= 11 is 0. The number of aromatic nitrogens is 2. The maximum absolute atomic E-state index is 13.3. The van der Waals surface area contributed by atoms with Crippen molar-refractivity contribution in [3.63, 3.8) is 0 Å². The lowest BCUT2D eigenvalue weighted by molar-refractivity contribution is 0.101. The van der Waals surface area contributed by atoms with E-state index in [2.05, 4.69) is 10.4 Å². The summed E-state index contributed by atoms with van der Waals surface area (Å²) in [7, 11) is 0. The first-order chi connectivity index (χ1) is 15.0. The van der Waals surface area contributed by atoms with E-state index in [0.29, 0.717) is 16.9 Å². The van der Waals surface area contributed by atoms with Gasteiger partial charge < -0.3 is 10.1 Å². The molecule has 0 spiro atoms. The van der Waals surface area contributed by atoms with Crippen LogP contribution in [0, 0.1) is 17.5 Å². The number of nitrogens with zero attached hydrogens (tertiary/aromatic N) is 2. The highest BCUT2D eigenvalue weighted by atomic mass is 19.1. The summed E-state index contributed by atoms with van der Waals surface area (Å²) < 4.78 is 46.6. The lowest BCUT2D eigenvalue weighted by atomic mass is 10.2. The Hall–Kier alpha value is -4.07. The third-order valence-corrected chi connectivity index (χ3v) is 4.40. The van der Waals surface area contributed by atoms with Gasteiger partial charge >= 0.3 is 0 Å². The summed E-state index contributed by atoms with van der Waals surface area (Å²) in [4.78, 5) is 12.8. The fraction of sp³-hybridized carbons (Fsp3) is 0.0435. The molecule has 4 rings (SSSR count). The maximum atomic E-state index is 13.3. The minimum Gasteiger partial charge on any atom is -0.485 e. The van der Waals surface area contributed by atoms with Crippen molar-refractivity contribution in [2.75, 3.05) is 5.32 Å². The Kier molecular flexibility index (Phi) is 5.70. The zero-order valence-corrected chi connectivity index (χ0v) is 16.1. The Balaban J connectivity index is 1.61. The Morgan fingerprint density at radius 1 is 0.839 bits per heavy atom. The van der Waals surface area contributed by atoms with Crippen molar-refractivity contribution >= 4 is 11.6 Å². The number of ether oxygens (including phenoxy) is 1. The first-order valence-corrected chi connectivity index (χ1v) is 9.28. The second kappa shape index (κ2) is 8.74. The monoisotopic (exact) mass is 423 g/mol. The van der Waals surface area contributed by atoms with Crippen LogP contribution >= 0.6 is 0 Å². The van der Waals surface area contributed by atoms with E-state index in [-0.39, 0.29) is 23.9 Å². The van der Waals surface area contributed by atoms with Crippen LogP contribution in [0.2, 0.25) is 0 Å². The van der Waals surface area contributed by atoms with Crippen molar-refractivity contribution in [1.29, 1.82) is 0 Å². The van der Waals surface area contributed by atoms with Crippen LogP contribution in [-0.2, 0) is 6.61 Å². The summed E-state index contributed by atoms with van der Waals surface area (Å²) in [6, 6.07) is 16.6. The van der Waals surface area contributed by atoms with E-state index < -0.39 is 17.5 Å². The van der Waals surface area contributed by atoms with Gasteiger partial charge in [-0.05, 0) is 66.2 Å². The van der Waals surface area contributed by atoms with Crippen LogP contribution in [0.15, 0.2) is 79.0 Å². The summed E-state index contributed by atoms with van der Waals surface area (Å²) in [5.74, 6) is -1.60. The highest BCUT2D eigenvalue weighted by molar-refractivity contribution is 6.04. The van der Waals surface area contributed by atoms with E-state index in [0.717, 1.165) is 0 Å². The average Bonchev–Trinajstić information content (AvgIpc) is 3.20. The lowest BCUT2D eigenvalue weighted by Crippen LogP contribution is -2.14. The van der Waals surface area contributed by atoms with Crippen LogP contribution in [-0.4, -0.2) is 15.7 Å². The van der Waals surface area contributed by atoms with Crippen LogP contribution in [0.4, 0.5) is 18.9 Å². The smallest absolute Gasteiger partial charge is 0.280 e. The highest BCUT2D eigenvalue weighted by Gasteiger charge is 2.20. The molecule has 156 valence electrons. The Bertz CT molecular complexity index is 1190. The predicted molar refractivity (Wildman–Crippen MR) is 109 cm³/mol. The van der Waals surface area contributed by atoms with Crippen molar-refractivity contribution < 1.29 is 22.7 Å². The molecule has 1 aromatic heterocycles. The van der Waals surface area contributed by atoms with Gasteiger partial charge in [-0.3, -0.25) is 4.79 Å². The SMILES string of the molecule is O=C(Nc1ccc(F)cc1)c1nn(-c2ccc(F)cc2)cc1OCc1ccc(F)cc1. The zero-order valence-electron chi connectivity index (χ0n) is 16.1. The van der Waals surface area contributed by atoms with Crippen molar-refractivity contribution in [2.45, 2.75) is 6.61 Å². The quantitative estimate of drug-likeness (QED) is 0.468. The van der Waals surface area contributed by atoms with Crippen LogP contribution in [0.3, 0.4) is 0 Å². The normalized spacial score (nSPS) is 10.7. The van der Waals surface area contributed by atoms with Gasteiger partial charge in [-0.15, -0.1) is 0 Å². The minimum absolute atomic E-state index is 0.0178. The first-order valence-electron chi connectivity index (χ1n) is 9.28. The summed E-state index contributed by atoms with van der Waals surface area (Å²) in [6.07, 6.45) is 1.50. The molecule has 1 heterocycles. The molecule has 0 saturated heterocycles. The molecule has 5 nitrogen and oxygen atoms in total. The topological polar surface area (TPSA) is 56.2 Å². The molecule has 3 aromatic carbocycles. The van der Waals surface area contributed by atoms with Crippen LogP contribution in [0.5, 0.6) is 5.75 Å². The average molecular weight is 423 g/mol. The number of hydrogen-bond acceptors (Lipinski definition) is 3. The number of benzene rings is 3. The van der Waals surface area contributed by atoms with Gasteiger partial charge in [0, 0.05) is 5.69 Å². The largest absolute Gasteiger partial charge is 0.485 e. The standard InChI is InChI=1S/C23H16F3N3O2/c24-16-3-1-15(2-4-16)14-31-21-13-29(20-11-7-18(26)8-12-20)28-22(21)23(30)27-19-9-5-17(25)6-10-19/h1-13H,14H2,(H,27,30). The Morgan fingerprint density at radius 3 is 2.00 bits per heavy atom. The number of halogens is 3. The molecule has 0 atom stereocenters. The van der Waals surface area contributed by atoms with Crippen molar-refractivity contribution in [2.24, 2.45) is 0 Å². The number of carbonyl (C=O) groups is 1. The van der Waals surface area contributed by atoms with Gasteiger partial charge in [0.25, 0.3) is 5.91 Å². The van der Waals surface area contributed by atoms with Gasteiger partial charge in [-0.1, -0.05) is 12.1 Å². The number of nitrogens with one attached hydrogen (secondary N) is 1. The summed E-state index contributed by atoms with van der Waals surface area (Å²) in [6.45, 7) is 0.0756. The molecule has 31 heavy (non-hydrogen) atoms. The number of hydrogen-bond donors (Lipinski definition) is 1. The fourth-order valence-corrected chi connectivity index (χ4v) is 2.81. The molecule has 0 aliphatic rings. The van der Waals surface area contributed by atoms with Gasteiger partial charge in [0.05, 0.1) is 11.9 Å². The van der Waals surface area contributed by atoms with Crippen molar-refractivity contribution in [1.82, 2.24) is 9.78 Å². The van der Waals surface area contributed by atoms with E-state index in [4.69, 9.17) is 4.74 Å². The van der Waals surface area contributed by atoms with Crippen molar-refractivity contribution in [3.8, 4) is 11.4 Å². The van der Waals surface area contributed by atoms with E-state index in [1.807, 2.05) is 0 Å². The Morgan fingerprint density at radius 2 is 1.39 bits per heavy atom. The number of anilines is 1. The molecule has 0 aliphatic heterocycles. The van der Waals surface area contributed by atoms with Crippen LogP contribution in [0.1, 0.15) is 16.1 Å². The maximum Gasteiger partial charge on any atom is 0.280 e. The zero-order chi connectivity index (χ0) is 21.8. The number of amides is 1. The second-order valence-electron chi connectivity index (χ2n) is 6.64. The molecular formula is C23H16F3N3O2. The van der Waals surface area contributed by atoms with Gasteiger partial charge in [0.2, 0.25) is 0 Å². The molecule has 4 aromatic rings. The van der Waals surface area contributed by atoms with Gasteiger partial charge in [-0.25, -0.2) is 17.9 Å². The predicted octanol–water partition coefficient (Wildman–Crippen LogP) is 5.12. The molecule has 1 N–H and O–H groups in total. The third kappa shape index (κ3) is 4.92. The van der Waals surface area contributed by atoms with Gasteiger partial charge in [-0.2, -0.15) is 5.10 Å². The fourth-order valence-electron chi connectivity index (χ4n) is 2.81. The molecule has 0 bridgehead atoms.